The number of aromatic nitrogens is 3. The molecule has 0 aliphatic heterocycles. The van der Waals surface area contributed by atoms with E-state index in [9.17, 15) is 5.11 Å². The first-order valence-electron chi connectivity index (χ1n) is 7.09. The standard InChI is InChI=1S/C18H17N3O/c22-18(14-21-12-11-20-15-21,17-7-4-10-19-13-17)9-8-16-5-2-1-3-6-16/h1-13,15,22H,14H2/b9-8+/t18-/m1/s1. The van der Waals surface area contributed by atoms with Crippen molar-refractivity contribution in [1.82, 2.24) is 14.5 Å². The molecule has 1 aromatic carbocycles. The number of rotatable bonds is 5. The minimum absolute atomic E-state index is 0.377. The molecule has 4 nitrogen and oxygen atoms in total. The fourth-order valence-corrected chi connectivity index (χ4v) is 2.32. The van der Waals surface area contributed by atoms with Crippen LogP contribution in [0.4, 0.5) is 0 Å². The Labute approximate surface area is 129 Å². The minimum atomic E-state index is -1.15. The van der Waals surface area contributed by atoms with Crippen LogP contribution in [0, 0.1) is 0 Å². The number of hydrogen-bond donors (Lipinski definition) is 1. The summed E-state index contributed by atoms with van der Waals surface area (Å²) in [4.78, 5) is 8.15. The summed E-state index contributed by atoms with van der Waals surface area (Å²) in [6.45, 7) is 0.377. The van der Waals surface area contributed by atoms with Crippen LogP contribution in [-0.4, -0.2) is 19.6 Å². The summed E-state index contributed by atoms with van der Waals surface area (Å²) in [5, 5.41) is 11.1. The fraction of sp³-hybridized carbons (Fsp3) is 0.111. The highest BCUT2D eigenvalue weighted by Crippen LogP contribution is 2.25. The Balaban J connectivity index is 1.94. The molecule has 0 aliphatic rings. The summed E-state index contributed by atoms with van der Waals surface area (Å²) in [6.07, 6.45) is 12.3. The molecule has 1 atom stereocenters. The van der Waals surface area contributed by atoms with E-state index in [1.54, 1.807) is 31.0 Å². The van der Waals surface area contributed by atoms with E-state index in [4.69, 9.17) is 0 Å². The van der Waals surface area contributed by atoms with Crippen LogP contribution in [0.5, 0.6) is 0 Å². The molecule has 0 aliphatic carbocycles. The maximum Gasteiger partial charge on any atom is 0.127 e. The highest BCUT2D eigenvalue weighted by molar-refractivity contribution is 5.51. The van der Waals surface area contributed by atoms with Gasteiger partial charge in [0, 0.05) is 30.4 Å². The molecule has 110 valence electrons. The first kappa shape index (κ1) is 14.2. The van der Waals surface area contributed by atoms with Crippen LogP contribution in [0.1, 0.15) is 11.1 Å². The van der Waals surface area contributed by atoms with Gasteiger partial charge in [0.2, 0.25) is 0 Å². The summed E-state index contributed by atoms with van der Waals surface area (Å²) < 4.78 is 1.85. The van der Waals surface area contributed by atoms with Crippen LogP contribution in [0.2, 0.25) is 0 Å². The van der Waals surface area contributed by atoms with Crippen LogP contribution >= 0.6 is 0 Å². The van der Waals surface area contributed by atoms with Crippen molar-refractivity contribution >= 4 is 6.08 Å². The normalized spacial score (nSPS) is 14.0. The average molecular weight is 291 g/mol. The maximum absolute atomic E-state index is 11.1. The smallest absolute Gasteiger partial charge is 0.127 e. The van der Waals surface area contributed by atoms with Crippen LogP contribution in [0.25, 0.3) is 6.08 Å². The van der Waals surface area contributed by atoms with Crippen molar-refractivity contribution in [2.24, 2.45) is 0 Å². The lowest BCUT2D eigenvalue weighted by atomic mass is 9.93. The number of hydrogen-bond acceptors (Lipinski definition) is 3. The Morgan fingerprint density at radius 3 is 2.59 bits per heavy atom. The second-order valence-electron chi connectivity index (χ2n) is 5.14. The Hall–Kier alpha value is -2.72. The van der Waals surface area contributed by atoms with E-state index in [1.165, 1.54) is 0 Å². The molecule has 2 aromatic heterocycles. The molecular formula is C18H17N3O. The van der Waals surface area contributed by atoms with Gasteiger partial charge in [-0.15, -0.1) is 0 Å². The number of pyridine rings is 1. The molecule has 1 N–H and O–H groups in total. The van der Waals surface area contributed by atoms with E-state index < -0.39 is 5.60 Å². The zero-order valence-electron chi connectivity index (χ0n) is 12.1. The van der Waals surface area contributed by atoms with Crippen molar-refractivity contribution in [3.8, 4) is 0 Å². The van der Waals surface area contributed by atoms with Gasteiger partial charge in [0.05, 0.1) is 12.9 Å². The molecule has 3 rings (SSSR count). The summed E-state index contributed by atoms with van der Waals surface area (Å²) in [6, 6.07) is 13.6. The van der Waals surface area contributed by atoms with Crippen LogP contribution in [0.15, 0.2) is 79.7 Å². The Kier molecular flexibility index (Phi) is 4.12. The third-order valence-corrected chi connectivity index (χ3v) is 3.50. The molecule has 4 heteroatoms. The molecule has 0 radical (unpaired) electrons. The zero-order chi connectivity index (χ0) is 15.3. The van der Waals surface area contributed by atoms with Gasteiger partial charge in [-0.1, -0.05) is 42.5 Å². The van der Waals surface area contributed by atoms with Crippen molar-refractivity contribution in [2.45, 2.75) is 12.1 Å². The molecule has 3 aromatic rings. The van der Waals surface area contributed by atoms with Gasteiger partial charge in [-0.05, 0) is 17.7 Å². The van der Waals surface area contributed by atoms with Crippen molar-refractivity contribution < 1.29 is 5.11 Å². The quantitative estimate of drug-likeness (QED) is 0.786. The van der Waals surface area contributed by atoms with E-state index >= 15 is 0 Å². The number of benzene rings is 1. The van der Waals surface area contributed by atoms with Gasteiger partial charge in [0.15, 0.2) is 0 Å². The zero-order valence-corrected chi connectivity index (χ0v) is 12.1. The van der Waals surface area contributed by atoms with Crippen molar-refractivity contribution in [3.05, 3.63) is 90.8 Å². The topological polar surface area (TPSA) is 50.9 Å². The SMILES string of the molecule is O[C@](/C=C/c1ccccc1)(Cn1ccnc1)c1cccnc1. The summed E-state index contributed by atoms with van der Waals surface area (Å²) in [7, 11) is 0. The van der Waals surface area contributed by atoms with Crippen molar-refractivity contribution in [1.29, 1.82) is 0 Å². The molecule has 0 bridgehead atoms. The highest BCUT2D eigenvalue weighted by Gasteiger charge is 2.26. The molecule has 0 amide bonds. The summed E-state index contributed by atoms with van der Waals surface area (Å²) >= 11 is 0. The number of aliphatic hydroxyl groups is 1. The lowest BCUT2D eigenvalue weighted by molar-refractivity contribution is 0.0701. The van der Waals surface area contributed by atoms with Gasteiger partial charge in [0.1, 0.15) is 5.60 Å². The van der Waals surface area contributed by atoms with Crippen molar-refractivity contribution in [3.63, 3.8) is 0 Å². The fourth-order valence-electron chi connectivity index (χ4n) is 2.32. The Bertz CT molecular complexity index is 724. The molecular weight excluding hydrogens is 274 g/mol. The van der Waals surface area contributed by atoms with Gasteiger partial charge >= 0.3 is 0 Å². The summed E-state index contributed by atoms with van der Waals surface area (Å²) in [5.41, 5.74) is 0.636. The van der Waals surface area contributed by atoms with E-state index in [1.807, 2.05) is 59.3 Å². The molecule has 0 spiro atoms. The monoisotopic (exact) mass is 291 g/mol. The van der Waals surface area contributed by atoms with Gasteiger partial charge in [-0.3, -0.25) is 4.98 Å². The van der Waals surface area contributed by atoms with Gasteiger partial charge in [-0.2, -0.15) is 0 Å². The lowest BCUT2D eigenvalue weighted by Crippen LogP contribution is -2.28. The third kappa shape index (κ3) is 3.30. The predicted octanol–water partition coefficient (Wildman–Crippen LogP) is 2.88. The molecule has 0 saturated carbocycles. The lowest BCUT2D eigenvalue weighted by Gasteiger charge is -2.25. The number of nitrogens with zero attached hydrogens (tertiary/aromatic N) is 3. The molecule has 0 fully saturated rings. The van der Waals surface area contributed by atoms with Crippen LogP contribution < -0.4 is 0 Å². The second-order valence-corrected chi connectivity index (χ2v) is 5.14. The van der Waals surface area contributed by atoms with Gasteiger partial charge in [0.25, 0.3) is 0 Å². The minimum Gasteiger partial charge on any atom is -0.379 e. The van der Waals surface area contributed by atoms with E-state index in [0.717, 1.165) is 11.1 Å². The predicted molar refractivity (Wildman–Crippen MR) is 85.8 cm³/mol. The first-order valence-corrected chi connectivity index (χ1v) is 7.09. The first-order chi connectivity index (χ1) is 10.8. The summed E-state index contributed by atoms with van der Waals surface area (Å²) in [5.74, 6) is 0. The largest absolute Gasteiger partial charge is 0.379 e. The molecule has 22 heavy (non-hydrogen) atoms. The molecule has 0 unspecified atom stereocenters. The van der Waals surface area contributed by atoms with E-state index in [2.05, 4.69) is 9.97 Å². The average Bonchev–Trinajstić information content (AvgIpc) is 3.08. The van der Waals surface area contributed by atoms with E-state index in [0.29, 0.717) is 6.54 Å². The Morgan fingerprint density at radius 2 is 1.91 bits per heavy atom. The molecule has 0 saturated heterocycles. The van der Waals surface area contributed by atoms with Crippen molar-refractivity contribution in [2.75, 3.05) is 0 Å². The van der Waals surface area contributed by atoms with Crippen LogP contribution in [-0.2, 0) is 12.1 Å². The molecule has 2 heterocycles. The highest BCUT2D eigenvalue weighted by atomic mass is 16.3. The Morgan fingerprint density at radius 1 is 1.05 bits per heavy atom. The number of imidazole rings is 1. The third-order valence-electron chi connectivity index (χ3n) is 3.50. The van der Waals surface area contributed by atoms with Gasteiger partial charge < -0.3 is 9.67 Å². The van der Waals surface area contributed by atoms with Crippen LogP contribution in [0.3, 0.4) is 0 Å². The van der Waals surface area contributed by atoms with Gasteiger partial charge in [-0.25, -0.2) is 4.98 Å². The second kappa shape index (κ2) is 6.37. The van der Waals surface area contributed by atoms with E-state index in [-0.39, 0.29) is 0 Å². The maximum atomic E-state index is 11.1.